The third-order valence-electron chi connectivity index (χ3n) is 6.57. The molecule has 1 aromatic carbocycles. The summed E-state index contributed by atoms with van der Waals surface area (Å²) in [7, 11) is 0. The zero-order valence-corrected chi connectivity index (χ0v) is 19.2. The molecule has 1 aliphatic carbocycles. The fourth-order valence-corrected chi connectivity index (χ4v) is 5.15. The lowest BCUT2D eigenvalue weighted by molar-refractivity contribution is -0.141. The lowest BCUT2D eigenvalue weighted by Crippen LogP contribution is -2.50. The average Bonchev–Trinajstić information content (AvgIpc) is 3.34. The van der Waals surface area contributed by atoms with Crippen LogP contribution in [0.3, 0.4) is 0 Å². The number of urea groups is 1. The van der Waals surface area contributed by atoms with Gasteiger partial charge in [-0.25, -0.2) is 4.79 Å². The molecular formula is C22H26Cl2N4O4. The molecule has 1 atom stereocenters. The molecule has 172 valence electrons. The lowest BCUT2D eigenvalue weighted by Gasteiger charge is -2.35. The highest BCUT2D eigenvalue weighted by Gasteiger charge is 2.52. The summed E-state index contributed by atoms with van der Waals surface area (Å²) in [5, 5.41) is 6.34. The van der Waals surface area contributed by atoms with Crippen LogP contribution in [0.2, 0.25) is 10.0 Å². The Morgan fingerprint density at radius 1 is 1.09 bits per heavy atom. The van der Waals surface area contributed by atoms with Crippen LogP contribution in [0.5, 0.6) is 0 Å². The number of rotatable bonds is 5. The topological polar surface area (TPSA) is 98.8 Å². The molecule has 2 aliphatic heterocycles. The maximum absolute atomic E-state index is 13.0. The van der Waals surface area contributed by atoms with E-state index in [1.165, 1.54) is 0 Å². The number of hydrogen-bond donors (Lipinski definition) is 2. The second kappa shape index (κ2) is 9.27. The van der Waals surface area contributed by atoms with Crippen molar-refractivity contribution in [3.05, 3.63) is 28.2 Å². The number of benzene rings is 1. The lowest BCUT2D eigenvalue weighted by atomic mass is 9.98. The number of anilines is 1. The van der Waals surface area contributed by atoms with Gasteiger partial charge in [0.1, 0.15) is 11.6 Å². The SMILES string of the molecule is O=C(Nc1ccc(Cl)c(Cl)c1)C1CCCCN1C(=O)CCN1C(=O)NC2(CCCC2)C1=O. The zero-order chi connectivity index (χ0) is 22.9. The fraction of sp³-hybridized carbons (Fsp3) is 0.545. The van der Waals surface area contributed by atoms with Gasteiger partial charge >= 0.3 is 6.03 Å². The molecule has 2 N–H and O–H groups in total. The summed E-state index contributed by atoms with van der Waals surface area (Å²) < 4.78 is 0. The van der Waals surface area contributed by atoms with Gasteiger partial charge in [-0.3, -0.25) is 19.3 Å². The number of halogens is 2. The number of imide groups is 1. The van der Waals surface area contributed by atoms with Crippen molar-refractivity contribution in [1.82, 2.24) is 15.1 Å². The molecule has 3 aliphatic rings. The molecule has 2 saturated heterocycles. The Bertz CT molecular complexity index is 948. The number of carbonyl (C=O) groups is 4. The van der Waals surface area contributed by atoms with E-state index in [1.807, 2.05) is 0 Å². The minimum atomic E-state index is -0.784. The quantitative estimate of drug-likeness (QED) is 0.629. The molecule has 1 unspecified atom stereocenters. The van der Waals surface area contributed by atoms with E-state index >= 15 is 0 Å². The second-order valence-corrected chi connectivity index (χ2v) is 9.46. The average molecular weight is 481 g/mol. The first-order chi connectivity index (χ1) is 15.3. The summed E-state index contributed by atoms with van der Waals surface area (Å²) in [5.74, 6) is -0.774. The van der Waals surface area contributed by atoms with E-state index in [0.717, 1.165) is 30.6 Å². The molecule has 8 nitrogen and oxygen atoms in total. The molecule has 5 amide bonds. The van der Waals surface area contributed by atoms with Crippen molar-refractivity contribution in [2.24, 2.45) is 0 Å². The predicted molar refractivity (Wildman–Crippen MR) is 121 cm³/mol. The minimum absolute atomic E-state index is 0.00814. The van der Waals surface area contributed by atoms with Gasteiger partial charge in [-0.1, -0.05) is 36.0 Å². The van der Waals surface area contributed by atoms with Gasteiger partial charge in [-0.15, -0.1) is 0 Å². The highest BCUT2D eigenvalue weighted by atomic mass is 35.5. The standard InChI is InChI=1S/C22H26Cl2N4O4/c23-15-7-6-14(13-16(15)24)25-19(30)17-5-1-4-11-27(17)18(29)8-12-28-20(31)22(26-21(28)32)9-2-3-10-22/h6-7,13,17H,1-5,8-12H2,(H,25,30)(H,26,32). The van der Waals surface area contributed by atoms with E-state index in [9.17, 15) is 19.2 Å². The summed E-state index contributed by atoms with van der Waals surface area (Å²) in [5.41, 5.74) is -0.281. The zero-order valence-electron chi connectivity index (χ0n) is 17.7. The van der Waals surface area contributed by atoms with Crippen LogP contribution >= 0.6 is 23.2 Å². The Labute approximate surface area is 196 Å². The van der Waals surface area contributed by atoms with E-state index in [1.54, 1.807) is 23.1 Å². The minimum Gasteiger partial charge on any atom is -0.331 e. The number of carbonyl (C=O) groups excluding carboxylic acids is 4. The largest absolute Gasteiger partial charge is 0.331 e. The smallest absolute Gasteiger partial charge is 0.325 e. The highest BCUT2D eigenvalue weighted by Crippen LogP contribution is 2.35. The predicted octanol–water partition coefficient (Wildman–Crippen LogP) is 3.57. The Hall–Kier alpha value is -2.32. The van der Waals surface area contributed by atoms with Crippen LogP contribution in [-0.2, 0) is 14.4 Å². The number of amides is 5. The van der Waals surface area contributed by atoms with E-state index in [-0.39, 0.29) is 30.7 Å². The first-order valence-electron chi connectivity index (χ1n) is 11.0. The molecule has 1 spiro atoms. The van der Waals surface area contributed by atoms with Gasteiger partial charge in [-0.05, 0) is 50.3 Å². The monoisotopic (exact) mass is 480 g/mol. The van der Waals surface area contributed by atoms with Crippen LogP contribution in [0, 0.1) is 0 Å². The van der Waals surface area contributed by atoms with Crippen LogP contribution < -0.4 is 10.6 Å². The number of likely N-dealkylation sites (tertiary alicyclic amines) is 1. The van der Waals surface area contributed by atoms with Crippen LogP contribution in [-0.4, -0.2) is 58.2 Å². The third kappa shape index (κ3) is 4.43. The van der Waals surface area contributed by atoms with Crippen molar-refractivity contribution in [2.45, 2.75) is 62.9 Å². The molecule has 1 saturated carbocycles. The van der Waals surface area contributed by atoms with Crippen LogP contribution in [0.1, 0.15) is 51.4 Å². The number of nitrogens with one attached hydrogen (secondary N) is 2. The third-order valence-corrected chi connectivity index (χ3v) is 7.30. The molecule has 0 bridgehead atoms. The summed E-state index contributed by atoms with van der Waals surface area (Å²) in [6.07, 6.45) is 5.27. The summed E-state index contributed by atoms with van der Waals surface area (Å²) in [6.45, 7) is 0.477. The van der Waals surface area contributed by atoms with Gasteiger partial charge in [0, 0.05) is 25.2 Å². The summed E-state index contributed by atoms with van der Waals surface area (Å²) >= 11 is 11.9. The van der Waals surface area contributed by atoms with E-state index < -0.39 is 17.6 Å². The molecule has 0 radical (unpaired) electrons. The Morgan fingerprint density at radius 2 is 1.84 bits per heavy atom. The van der Waals surface area contributed by atoms with Gasteiger partial charge in [0.2, 0.25) is 11.8 Å². The van der Waals surface area contributed by atoms with Gasteiger partial charge in [0.25, 0.3) is 5.91 Å². The van der Waals surface area contributed by atoms with Crippen LogP contribution in [0.15, 0.2) is 18.2 Å². The molecule has 10 heteroatoms. The van der Waals surface area contributed by atoms with E-state index in [0.29, 0.717) is 41.5 Å². The molecular weight excluding hydrogens is 455 g/mol. The molecule has 32 heavy (non-hydrogen) atoms. The maximum Gasteiger partial charge on any atom is 0.325 e. The van der Waals surface area contributed by atoms with Crippen molar-refractivity contribution >= 4 is 52.6 Å². The van der Waals surface area contributed by atoms with Crippen molar-refractivity contribution in [1.29, 1.82) is 0 Å². The van der Waals surface area contributed by atoms with Crippen molar-refractivity contribution in [3.63, 3.8) is 0 Å². The normalized spacial score (nSPS) is 22.4. The van der Waals surface area contributed by atoms with Gasteiger partial charge in [-0.2, -0.15) is 0 Å². The molecule has 3 fully saturated rings. The number of hydrogen-bond acceptors (Lipinski definition) is 4. The first-order valence-corrected chi connectivity index (χ1v) is 11.8. The maximum atomic E-state index is 13.0. The van der Waals surface area contributed by atoms with Gasteiger partial charge in [0.05, 0.1) is 10.0 Å². The Morgan fingerprint density at radius 3 is 2.56 bits per heavy atom. The number of nitrogens with zero attached hydrogens (tertiary/aromatic N) is 2. The summed E-state index contributed by atoms with van der Waals surface area (Å²) in [4.78, 5) is 53.7. The molecule has 1 aromatic rings. The molecule has 4 rings (SSSR count). The molecule has 2 heterocycles. The first kappa shape index (κ1) is 22.9. The van der Waals surface area contributed by atoms with Crippen molar-refractivity contribution in [2.75, 3.05) is 18.4 Å². The van der Waals surface area contributed by atoms with E-state index in [4.69, 9.17) is 23.2 Å². The Kier molecular flexibility index (Phi) is 6.62. The van der Waals surface area contributed by atoms with Gasteiger partial charge in [0.15, 0.2) is 0 Å². The van der Waals surface area contributed by atoms with Crippen molar-refractivity contribution in [3.8, 4) is 0 Å². The Balaban J connectivity index is 1.38. The number of piperidine rings is 1. The van der Waals surface area contributed by atoms with Crippen LogP contribution in [0.4, 0.5) is 10.5 Å². The van der Waals surface area contributed by atoms with E-state index in [2.05, 4.69) is 10.6 Å². The molecule has 0 aromatic heterocycles. The second-order valence-electron chi connectivity index (χ2n) is 8.64. The highest BCUT2D eigenvalue weighted by molar-refractivity contribution is 6.42. The van der Waals surface area contributed by atoms with Crippen molar-refractivity contribution < 1.29 is 19.2 Å². The fourth-order valence-electron chi connectivity index (χ4n) is 4.85. The summed E-state index contributed by atoms with van der Waals surface area (Å²) in [6, 6.07) is 3.76. The van der Waals surface area contributed by atoms with Gasteiger partial charge < -0.3 is 15.5 Å². The van der Waals surface area contributed by atoms with Crippen LogP contribution in [0.25, 0.3) is 0 Å².